The van der Waals surface area contributed by atoms with Crippen molar-refractivity contribution in [2.24, 2.45) is 0 Å². The zero-order valence-corrected chi connectivity index (χ0v) is 7.20. The first-order valence-electron chi connectivity index (χ1n) is 4.04. The van der Waals surface area contributed by atoms with Crippen LogP contribution in [0.1, 0.15) is 17.4 Å². The number of hydrazine groups is 1. The Morgan fingerprint density at radius 1 is 1.31 bits per heavy atom. The summed E-state index contributed by atoms with van der Waals surface area (Å²) in [5.74, 6) is 0. The number of hydrogen-bond acceptors (Lipinski definition) is 3. The van der Waals surface area contributed by atoms with Crippen molar-refractivity contribution < 1.29 is 9.53 Å². The summed E-state index contributed by atoms with van der Waals surface area (Å²) in [5, 5.41) is 0. The quantitative estimate of drug-likeness (QED) is 0.680. The molecule has 4 nitrogen and oxygen atoms in total. The summed E-state index contributed by atoms with van der Waals surface area (Å²) in [6.07, 6.45) is -0.807. The number of cyclic esters (lactones) is 1. The normalized spacial score (nSPS) is 21.0. The van der Waals surface area contributed by atoms with E-state index in [9.17, 15) is 4.79 Å². The lowest BCUT2D eigenvalue weighted by Gasteiger charge is -2.07. The van der Waals surface area contributed by atoms with E-state index in [1.807, 2.05) is 31.2 Å². The highest BCUT2D eigenvalue weighted by molar-refractivity contribution is 5.68. The molecule has 1 saturated heterocycles. The Hall–Kier alpha value is -1.55. The molecule has 1 aliphatic rings. The van der Waals surface area contributed by atoms with E-state index in [4.69, 9.17) is 4.74 Å². The molecule has 0 saturated carbocycles. The van der Waals surface area contributed by atoms with Crippen LogP contribution >= 0.6 is 0 Å². The van der Waals surface area contributed by atoms with Crippen LogP contribution in [-0.4, -0.2) is 6.09 Å². The van der Waals surface area contributed by atoms with Crippen LogP contribution in [0.3, 0.4) is 0 Å². The molecule has 1 aliphatic heterocycles. The van der Waals surface area contributed by atoms with Crippen LogP contribution in [-0.2, 0) is 4.74 Å². The number of carbonyl (C=O) groups is 1. The Morgan fingerprint density at radius 3 is 2.54 bits per heavy atom. The molecule has 2 rings (SSSR count). The van der Waals surface area contributed by atoms with Crippen LogP contribution in [0.15, 0.2) is 24.3 Å². The van der Waals surface area contributed by atoms with Crippen molar-refractivity contribution in [1.29, 1.82) is 0 Å². The molecular formula is C9H10N2O2. The average molecular weight is 178 g/mol. The summed E-state index contributed by atoms with van der Waals surface area (Å²) < 4.78 is 4.93. The molecule has 1 amide bonds. The van der Waals surface area contributed by atoms with Crippen LogP contribution in [0.2, 0.25) is 0 Å². The van der Waals surface area contributed by atoms with Crippen molar-refractivity contribution in [3.8, 4) is 0 Å². The number of amides is 1. The molecule has 0 aromatic heterocycles. The van der Waals surface area contributed by atoms with Gasteiger partial charge in [-0.3, -0.25) is 5.43 Å². The van der Waals surface area contributed by atoms with Gasteiger partial charge < -0.3 is 4.74 Å². The fourth-order valence-corrected chi connectivity index (χ4v) is 1.18. The fraction of sp³-hybridized carbons (Fsp3) is 0.222. The summed E-state index contributed by atoms with van der Waals surface area (Å²) in [4.78, 5) is 10.7. The molecule has 0 spiro atoms. The molecule has 0 radical (unpaired) electrons. The minimum atomic E-state index is -0.439. The first kappa shape index (κ1) is 8.07. The maximum absolute atomic E-state index is 10.7. The number of aryl methyl sites for hydroxylation is 1. The molecule has 1 unspecified atom stereocenters. The molecule has 68 valence electrons. The number of nitrogens with one attached hydrogen (secondary N) is 2. The monoisotopic (exact) mass is 178 g/mol. The number of rotatable bonds is 1. The van der Waals surface area contributed by atoms with Crippen molar-refractivity contribution in [1.82, 2.24) is 10.9 Å². The SMILES string of the molecule is Cc1ccc(C2NNC(=O)O2)cc1. The fourth-order valence-electron chi connectivity index (χ4n) is 1.18. The lowest BCUT2D eigenvalue weighted by molar-refractivity contribution is 0.130. The van der Waals surface area contributed by atoms with Gasteiger partial charge in [-0.25, -0.2) is 4.79 Å². The standard InChI is InChI=1S/C9H10N2O2/c1-6-2-4-7(5-3-6)8-10-11-9(12)13-8/h2-5,8,10H,1H3,(H,11,12). The molecule has 1 aromatic rings. The highest BCUT2D eigenvalue weighted by Crippen LogP contribution is 2.17. The second kappa shape index (κ2) is 3.06. The minimum absolute atomic E-state index is 0.368. The summed E-state index contributed by atoms with van der Waals surface area (Å²) >= 11 is 0. The van der Waals surface area contributed by atoms with Gasteiger partial charge in [-0.15, -0.1) is 0 Å². The predicted molar refractivity (Wildman–Crippen MR) is 46.7 cm³/mol. The Kier molecular flexibility index (Phi) is 1.90. The molecule has 4 heteroatoms. The Balaban J connectivity index is 2.17. The molecule has 1 heterocycles. The maximum Gasteiger partial charge on any atom is 0.423 e. The largest absolute Gasteiger partial charge is 0.423 e. The predicted octanol–water partition coefficient (Wildman–Crippen LogP) is 1.24. The van der Waals surface area contributed by atoms with E-state index in [0.717, 1.165) is 5.56 Å². The van der Waals surface area contributed by atoms with E-state index in [-0.39, 0.29) is 6.23 Å². The number of ether oxygens (including phenoxy) is 1. The van der Waals surface area contributed by atoms with Crippen LogP contribution < -0.4 is 10.9 Å². The molecule has 0 bridgehead atoms. The minimum Gasteiger partial charge on any atom is -0.423 e. The van der Waals surface area contributed by atoms with Gasteiger partial charge in [0.1, 0.15) is 0 Å². The van der Waals surface area contributed by atoms with Crippen LogP contribution in [0.25, 0.3) is 0 Å². The van der Waals surface area contributed by atoms with Crippen LogP contribution in [0.4, 0.5) is 4.79 Å². The number of carbonyl (C=O) groups excluding carboxylic acids is 1. The van der Waals surface area contributed by atoms with Gasteiger partial charge in [0.05, 0.1) is 0 Å². The smallest absolute Gasteiger partial charge is 0.423 e. The van der Waals surface area contributed by atoms with Gasteiger partial charge in [0.15, 0.2) is 6.23 Å². The van der Waals surface area contributed by atoms with E-state index in [0.29, 0.717) is 0 Å². The molecule has 2 N–H and O–H groups in total. The van der Waals surface area contributed by atoms with Crippen LogP contribution in [0, 0.1) is 6.92 Å². The van der Waals surface area contributed by atoms with Crippen molar-refractivity contribution in [2.45, 2.75) is 13.2 Å². The highest BCUT2D eigenvalue weighted by Gasteiger charge is 2.22. The average Bonchev–Trinajstić information content (AvgIpc) is 2.53. The molecule has 1 fully saturated rings. The second-order valence-corrected chi connectivity index (χ2v) is 2.97. The summed E-state index contributed by atoms with van der Waals surface area (Å²) in [6.45, 7) is 2.01. The number of benzene rings is 1. The molecule has 0 aliphatic carbocycles. The highest BCUT2D eigenvalue weighted by atomic mass is 16.6. The van der Waals surface area contributed by atoms with Crippen molar-refractivity contribution in [3.63, 3.8) is 0 Å². The summed E-state index contributed by atoms with van der Waals surface area (Å²) in [5.41, 5.74) is 7.21. The van der Waals surface area contributed by atoms with Gasteiger partial charge >= 0.3 is 6.09 Å². The van der Waals surface area contributed by atoms with Gasteiger partial charge in [0.2, 0.25) is 0 Å². The molecular weight excluding hydrogens is 168 g/mol. The van der Waals surface area contributed by atoms with Gasteiger partial charge in [0, 0.05) is 5.56 Å². The Labute approximate surface area is 75.9 Å². The third kappa shape index (κ3) is 1.62. The van der Waals surface area contributed by atoms with Gasteiger partial charge in [-0.1, -0.05) is 29.8 Å². The number of hydrogen-bond donors (Lipinski definition) is 2. The van der Waals surface area contributed by atoms with Gasteiger partial charge in [0.25, 0.3) is 0 Å². The van der Waals surface area contributed by atoms with Gasteiger partial charge in [-0.2, -0.15) is 5.43 Å². The molecule has 1 atom stereocenters. The van der Waals surface area contributed by atoms with E-state index in [2.05, 4.69) is 10.9 Å². The second-order valence-electron chi connectivity index (χ2n) is 2.97. The van der Waals surface area contributed by atoms with Crippen molar-refractivity contribution >= 4 is 6.09 Å². The third-order valence-electron chi connectivity index (χ3n) is 1.91. The van der Waals surface area contributed by atoms with E-state index in [1.54, 1.807) is 0 Å². The summed E-state index contributed by atoms with van der Waals surface area (Å²) in [7, 11) is 0. The maximum atomic E-state index is 10.7. The van der Waals surface area contributed by atoms with Crippen molar-refractivity contribution in [3.05, 3.63) is 35.4 Å². The van der Waals surface area contributed by atoms with E-state index >= 15 is 0 Å². The van der Waals surface area contributed by atoms with E-state index < -0.39 is 6.09 Å². The lowest BCUT2D eigenvalue weighted by Crippen LogP contribution is -2.26. The zero-order chi connectivity index (χ0) is 9.26. The van der Waals surface area contributed by atoms with Crippen LogP contribution in [0.5, 0.6) is 0 Å². The topological polar surface area (TPSA) is 50.4 Å². The lowest BCUT2D eigenvalue weighted by atomic mass is 10.1. The molecule has 1 aromatic carbocycles. The first-order chi connectivity index (χ1) is 6.25. The zero-order valence-electron chi connectivity index (χ0n) is 7.20. The molecule has 13 heavy (non-hydrogen) atoms. The van der Waals surface area contributed by atoms with Crippen molar-refractivity contribution in [2.75, 3.05) is 0 Å². The first-order valence-corrected chi connectivity index (χ1v) is 4.04. The Bertz CT molecular complexity index is 321. The summed E-state index contributed by atoms with van der Waals surface area (Å²) in [6, 6.07) is 7.80. The van der Waals surface area contributed by atoms with Gasteiger partial charge in [-0.05, 0) is 6.92 Å². The Morgan fingerprint density at radius 2 is 2.00 bits per heavy atom. The third-order valence-corrected chi connectivity index (χ3v) is 1.91. The van der Waals surface area contributed by atoms with E-state index in [1.165, 1.54) is 5.56 Å².